The first kappa shape index (κ1) is 34.6. The highest BCUT2D eigenvalue weighted by atomic mass is 16.3. The molecule has 2 aliphatic carbocycles. The van der Waals surface area contributed by atoms with E-state index in [9.17, 15) is 0 Å². The average molecular weight is 790 g/mol. The first-order valence-corrected chi connectivity index (χ1v) is 21.1. The molecule has 2 aliphatic rings. The molecule has 0 aliphatic heterocycles. The molecular weight excluding hydrogens is 755 g/mol. The fourth-order valence-electron chi connectivity index (χ4n) is 10.3. The molecule has 1 unspecified atom stereocenters. The molecule has 0 N–H and O–H groups in total. The first-order valence-electron chi connectivity index (χ1n) is 21.1. The molecule has 62 heavy (non-hydrogen) atoms. The van der Waals surface area contributed by atoms with Crippen LogP contribution in [0.5, 0.6) is 0 Å². The Kier molecular flexibility index (Phi) is 7.49. The zero-order valence-corrected chi connectivity index (χ0v) is 33.5. The van der Waals surface area contributed by atoms with Crippen LogP contribution in [0.4, 0.5) is 0 Å². The van der Waals surface area contributed by atoms with Gasteiger partial charge in [0, 0.05) is 27.5 Å². The number of furan rings is 1. The number of nitrogens with zero attached hydrogens (tertiary/aromatic N) is 3. The van der Waals surface area contributed by atoms with Gasteiger partial charge in [0.15, 0.2) is 17.5 Å². The molecule has 1 spiro atoms. The van der Waals surface area contributed by atoms with Crippen molar-refractivity contribution in [2.24, 2.45) is 0 Å². The van der Waals surface area contributed by atoms with Crippen molar-refractivity contribution in [2.75, 3.05) is 0 Å². The summed E-state index contributed by atoms with van der Waals surface area (Å²) in [6, 6.07) is 75.9. The van der Waals surface area contributed by atoms with Crippen molar-refractivity contribution in [1.29, 1.82) is 0 Å². The lowest BCUT2D eigenvalue weighted by atomic mass is 9.65. The predicted molar refractivity (Wildman–Crippen MR) is 251 cm³/mol. The van der Waals surface area contributed by atoms with Crippen LogP contribution in [0.25, 0.3) is 101 Å². The minimum atomic E-state index is -0.707. The second kappa shape index (κ2) is 13.4. The molecule has 2 heterocycles. The summed E-state index contributed by atoms with van der Waals surface area (Å²) in [7, 11) is 0. The van der Waals surface area contributed by atoms with Gasteiger partial charge in [-0.2, -0.15) is 0 Å². The molecule has 0 saturated carbocycles. The highest BCUT2D eigenvalue weighted by Gasteiger charge is 2.50. The number of benzene rings is 9. The van der Waals surface area contributed by atoms with Crippen LogP contribution in [0, 0.1) is 0 Å². The Morgan fingerprint density at radius 1 is 0.274 bits per heavy atom. The summed E-state index contributed by atoms with van der Waals surface area (Å²) in [5.41, 5.74) is 18.2. The van der Waals surface area contributed by atoms with Crippen molar-refractivity contribution in [1.82, 2.24) is 15.0 Å². The van der Waals surface area contributed by atoms with Gasteiger partial charge >= 0.3 is 0 Å². The summed E-state index contributed by atoms with van der Waals surface area (Å²) >= 11 is 0. The summed E-state index contributed by atoms with van der Waals surface area (Å²) in [5.74, 6) is 1.87. The quantitative estimate of drug-likeness (QED) is 0.178. The monoisotopic (exact) mass is 789 g/mol. The second-order valence-corrected chi connectivity index (χ2v) is 16.3. The summed E-state index contributed by atoms with van der Waals surface area (Å²) < 4.78 is 6.57. The largest absolute Gasteiger partial charge is 0.456 e. The van der Waals surface area contributed by atoms with Crippen molar-refractivity contribution in [3.05, 3.63) is 235 Å². The molecule has 0 amide bonds. The molecule has 288 valence electrons. The standard InChI is InChI=1S/C58H35N3O/c1-3-16-36(17-4-1)38-20-15-21-39(32-38)56-59-55(37-18-5-2-6-19-37)60-57(61-56)40-30-31-45-42-23-8-7-22-41(42)43-24-9-12-27-49(43)58(51(45)33-40)50-28-13-10-25-44(50)47-35-54-48(34-52(47)58)46-26-11-14-29-53(46)62-54/h1-35H. The molecule has 4 heteroatoms. The minimum Gasteiger partial charge on any atom is -0.456 e. The Labute approximate surface area is 358 Å². The zero-order valence-electron chi connectivity index (χ0n) is 33.5. The normalized spacial score (nSPS) is 14.5. The molecule has 0 radical (unpaired) electrons. The Morgan fingerprint density at radius 2 is 0.774 bits per heavy atom. The summed E-state index contributed by atoms with van der Waals surface area (Å²) in [5, 5.41) is 2.22. The molecule has 1 atom stereocenters. The highest BCUT2D eigenvalue weighted by molar-refractivity contribution is 6.09. The van der Waals surface area contributed by atoms with Gasteiger partial charge in [0.25, 0.3) is 0 Å². The number of aromatic nitrogens is 3. The summed E-state index contributed by atoms with van der Waals surface area (Å²) in [6.07, 6.45) is 0. The van der Waals surface area contributed by atoms with Crippen molar-refractivity contribution < 1.29 is 4.42 Å². The van der Waals surface area contributed by atoms with E-state index in [1.54, 1.807) is 0 Å². The number of para-hydroxylation sites is 1. The van der Waals surface area contributed by atoms with Crippen molar-refractivity contribution in [3.8, 4) is 78.7 Å². The van der Waals surface area contributed by atoms with E-state index in [2.05, 4.69) is 182 Å². The lowest BCUT2D eigenvalue weighted by Crippen LogP contribution is -2.29. The van der Waals surface area contributed by atoms with Crippen LogP contribution in [-0.4, -0.2) is 15.0 Å². The van der Waals surface area contributed by atoms with E-state index in [0.717, 1.165) is 49.8 Å². The maximum absolute atomic E-state index is 6.57. The second-order valence-electron chi connectivity index (χ2n) is 16.3. The Hall–Kier alpha value is -8.21. The fraction of sp³-hybridized carbons (Fsp3) is 0.0172. The highest BCUT2D eigenvalue weighted by Crippen LogP contribution is 2.62. The topological polar surface area (TPSA) is 51.8 Å². The van der Waals surface area contributed by atoms with Crippen LogP contribution in [0.1, 0.15) is 22.3 Å². The molecule has 9 aromatic carbocycles. The van der Waals surface area contributed by atoms with Gasteiger partial charge in [0.2, 0.25) is 0 Å². The molecule has 0 bridgehead atoms. The lowest BCUT2D eigenvalue weighted by molar-refractivity contribution is 0.668. The van der Waals surface area contributed by atoms with Gasteiger partial charge in [-0.05, 0) is 97.1 Å². The molecule has 2 aromatic heterocycles. The molecule has 13 rings (SSSR count). The number of fused-ring (bicyclic) bond motifs is 15. The van der Waals surface area contributed by atoms with Gasteiger partial charge in [-0.15, -0.1) is 0 Å². The first-order chi connectivity index (χ1) is 30.7. The molecule has 11 aromatic rings. The van der Waals surface area contributed by atoms with Gasteiger partial charge in [0.1, 0.15) is 11.2 Å². The summed E-state index contributed by atoms with van der Waals surface area (Å²) in [4.78, 5) is 15.8. The maximum atomic E-state index is 6.57. The van der Waals surface area contributed by atoms with E-state index >= 15 is 0 Å². The number of hydrogen-bond acceptors (Lipinski definition) is 4. The van der Waals surface area contributed by atoms with Gasteiger partial charge < -0.3 is 4.42 Å². The fourth-order valence-corrected chi connectivity index (χ4v) is 10.3. The van der Waals surface area contributed by atoms with Crippen LogP contribution >= 0.6 is 0 Å². The van der Waals surface area contributed by atoms with Crippen LogP contribution < -0.4 is 0 Å². The summed E-state index contributed by atoms with van der Waals surface area (Å²) in [6.45, 7) is 0. The third kappa shape index (κ3) is 5.04. The number of hydrogen-bond donors (Lipinski definition) is 0. The van der Waals surface area contributed by atoms with E-state index in [1.165, 1.54) is 55.6 Å². The average Bonchev–Trinajstić information content (AvgIpc) is 3.83. The Bertz CT molecular complexity index is 3590. The van der Waals surface area contributed by atoms with Crippen LogP contribution in [-0.2, 0) is 5.41 Å². The van der Waals surface area contributed by atoms with E-state index in [1.807, 2.05) is 30.3 Å². The molecule has 0 fully saturated rings. The SMILES string of the molecule is c1ccc(-c2cccc(-c3nc(-c4ccccc4)nc(-c4ccc5c(c4)C4(c6ccccc6-c6ccccc6-5)c5ccccc5-c5cc6oc7ccccc7c6cc54)n3)c2)cc1. The van der Waals surface area contributed by atoms with E-state index in [0.29, 0.717) is 17.5 Å². The van der Waals surface area contributed by atoms with Gasteiger partial charge in [0.05, 0.1) is 5.41 Å². The molecular formula is C58H35N3O. The third-order valence-corrected chi connectivity index (χ3v) is 13.0. The minimum absolute atomic E-state index is 0.616. The maximum Gasteiger partial charge on any atom is 0.164 e. The Morgan fingerprint density at radius 3 is 1.48 bits per heavy atom. The van der Waals surface area contributed by atoms with Crippen molar-refractivity contribution in [2.45, 2.75) is 5.41 Å². The third-order valence-electron chi connectivity index (χ3n) is 13.0. The van der Waals surface area contributed by atoms with E-state index < -0.39 is 5.41 Å². The predicted octanol–water partition coefficient (Wildman–Crippen LogP) is 14.4. The van der Waals surface area contributed by atoms with E-state index in [-0.39, 0.29) is 0 Å². The van der Waals surface area contributed by atoms with Crippen molar-refractivity contribution in [3.63, 3.8) is 0 Å². The molecule has 0 saturated heterocycles. The number of rotatable bonds is 4. The Balaban J connectivity index is 1.12. The van der Waals surface area contributed by atoms with Crippen LogP contribution in [0.2, 0.25) is 0 Å². The van der Waals surface area contributed by atoms with Crippen LogP contribution in [0.15, 0.2) is 217 Å². The zero-order chi connectivity index (χ0) is 40.8. The smallest absolute Gasteiger partial charge is 0.164 e. The molecule has 4 nitrogen and oxygen atoms in total. The van der Waals surface area contributed by atoms with Gasteiger partial charge in [-0.3, -0.25) is 0 Å². The van der Waals surface area contributed by atoms with E-state index in [4.69, 9.17) is 19.4 Å². The van der Waals surface area contributed by atoms with Crippen LogP contribution in [0.3, 0.4) is 0 Å². The lowest BCUT2D eigenvalue weighted by Gasteiger charge is -2.35. The van der Waals surface area contributed by atoms with Crippen molar-refractivity contribution >= 4 is 21.9 Å². The van der Waals surface area contributed by atoms with Gasteiger partial charge in [-0.25, -0.2) is 15.0 Å². The van der Waals surface area contributed by atoms with Gasteiger partial charge in [-0.1, -0.05) is 182 Å².